The average Bonchev–Trinajstić information content (AvgIpc) is 2.66. The average molecular weight is 284 g/mol. The first-order valence-corrected chi connectivity index (χ1v) is 6.45. The molecule has 1 aliphatic rings. The van der Waals surface area contributed by atoms with Gasteiger partial charge in [-0.25, -0.2) is 9.29 Å². The van der Waals surface area contributed by atoms with E-state index in [9.17, 15) is 14.0 Å². The van der Waals surface area contributed by atoms with Gasteiger partial charge in [0.05, 0.1) is 16.8 Å². The first-order valence-electron chi connectivity index (χ1n) is 6.45. The van der Waals surface area contributed by atoms with Crippen molar-refractivity contribution in [3.8, 4) is 0 Å². The number of fused-ring (bicyclic) bond motifs is 1. The number of carbonyl (C=O) groups is 2. The molecule has 0 saturated heterocycles. The van der Waals surface area contributed by atoms with Gasteiger partial charge in [0.25, 0.3) is 11.8 Å². The second-order valence-electron chi connectivity index (χ2n) is 5.14. The molecule has 0 fully saturated rings. The number of benzene rings is 2. The zero-order valence-corrected chi connectivity index (χ0v) is 11.6. The van der Waals surface area contributed by atoms with E-state index in [-0.39, 0.29) is 11.4 Å². The number of halogens is 1. The van der Waals surface area contributed by atoms with Gasteiger partial charge in [-0.1, -0.05) is 12.1 Å². The number of imide groups is 1. The Balaban J connectivity index is 2.20. The van der Waals surface area contributed by atoms with Crippen LogP contribution in [0.5, 0.6) is 0 Å². The van der Waals surface area contributed by atoms with Crippen molar-refractivity contribution in [3.63, 3.8) is 0 Å². The van der Waals surface area contributed by atoms with Crippen molar-refractivity contribution in [2.45, 2.75) is 13.8 Å². The Bertz CT molecular complexity index is 738. The molecule has 0 saturated carbocycles. The number of hydrogen-bond acceptors (Lipinski definition) is 3. The van der Waals surface area contributed by atoms with E-state index in [2.05, 4.69) is 0 Å². The van der Waals surface area contributed by atoms with Gasteiger partial charge in [-0.05, 0) is 43.2 Å². The zero-order valence-electron chi connectivity index (χ0n) is 11.6. The Morgan fingerprint density at radius 1 is 0.952 bits per heavy atom. The molecule has 4 nitrogen and oxygen atoms in total. The summed E-state index contributed by atoms with van der Waals surface area (Å²) in [6, 6.07) is 7.27. The molecule has 3 rings (SSSR count). The van der Waals surface area contributed by atoms with E-state index in [4.69, 9.17) is 5.73 Å². The molecule has 2 amide bonds. The number of amides is 2. The number of hydrogen-bond donors (Lipinski definition) is 1. The normalized spacial score (nSPS) is 13.8. The topological polar surface area (TPSA) is 63.4 Å². The molecule has 2 N–H and O–H groups in total. The summed E-state index contributed by atoms with van der Waals surface area (Å²) in [7, 11) is 0. The summed E-state index contributed by atoms with van der Waals surface area (Å²) in [6.07, 6.45) is 0. The number of aryl methyl sites for hydroxylation is 2. The van der Waals surface area contributed by atoms with E-state index >= 15 is 0 Å². The van der Waals surface area contributed by atoms with Gasteiger partial charge in [-0.3, -0.25) is 9.59 Å². The molecule has 106 valence electrons. The highest BCUT2D eigenvalue weighted by Crippen LogP contribution is 2.33. The first-order chi connectivity index (χ1) is 9.90. The highest BCUT2D eigenvalue weighted by Gasteiger charge is 2.39. The fourth-order valence-corrected chi connectivity index (χ4v) is 2.64. The quantitative estimate of drug-likeness (QED) is 0.647. The molecule has 0 unspecified atom stereocenters. The summed E-state index contributed by atoms with van der Waals surface area (Å²) in [5.74, 6) is -1.47. The molecule has 0 aromatic heterocycles. The van der Waals surface area contributed by atoms with Gasteiger partial charge in [0.1, 0.15) is 5.82 Å². The molecule has 2 aromatic carbocycles. The second kappa shape index (κ2) is 4.41. The molecular weight excluding hydrogens is 271 g/mol. The summed E-state index contributed by atoms with van der Waals surface area (Å²) >= 11 is 0. The highest BCUT2D eigenvalue weighted by molar-refractivity contribution is 6.35. The SMILES string of the molecule is Cc1ccc(C)c2c1C(=O)N(c1cc(N)cc(F)c1)C2=O. The van der Waals surface area contributed by atoms with E-state index in [1.165, 1.54) is 6.07 Å². The van der Waals surface area contributed by atoms with Crippen LogP contribution in [0.3, 0.4) is 0 Å². The van der Waals surface area contributed by atoms with Crippen molar-refractivity contribution >= 4 is 23.2 Å². The van der Waals surface area contributed by atoms with Crippen LogP contribution < -0.4 is 10.6 Å². The number of nitrogens with zero attached hydrogens (tertiary/aromatic N) is 1. The maximum absolute atomic E-state index is 13.5. The lowest BCUT2D eigenvalue weighted by Gasteiger charge is -2.14. The monoisotopic (exact) mass is 284 g/mol. The molecule has 2 aromatic rings. The van der Waals surface area contributed by atoms with Crippen LogP contribution in [0, 0.1) is 19.7 Å². The lowest BCUT2D eigenvalue weighted by molar-refractivity contribution is 0.0926. The lowest BCUT2D eigenvalue weighted by atomic mass is 9.99. The number of nitrogen functional groups attached to an aromatic ring is 1. The Hall–Kier alpha value is -2.69. The summed E-state index contributed by atoms with van der Waals surface area (Å²) in [4.78, 5) is 26.1. The van der Waals surface area contributed by atoms with Crippen LogP contribution in [0.1, 0.15) is 31.8 Å². The van der Waals surface area contributed by atoms with E-state index < -0.39 is 17.6 Å². The highest BCUT2D eigenvalue weighted by atomic mass is 19.1. The number of rotatable bonds is 1. The molecule has 1 aliphatic heterocycles. The largest absolute Gasteiger partial charge is 0.399 e. The predicted molar refractivity (Wildman–Crippen MR) is 77.9 cm³/mol. The third-order valence-corrected chi connectivity index (χ3v) is 3.62. The van der Waals surface area contributed by atoms with Gasteiger partial charge in [-0.15, -0.1) is 0 Å². The number of carbonyl (C=O) groups excluding carboxylic acids is 2. The summed E-state index contributed by atoms with van der Waals surface area (Å²) in [5.41, 5.74) is 8.11. The van der Waals surface area contributed by atoms with E-state index in [0.717, 1.165) is 28.2 Å². The van der Waals surface area contributed by atoms with Crippen LogP contribution in [0.4, 0.5) is 15.8 Å². The standard InChI is InChI=1S/C16H13FN2O2/c1-8-3-4-9(2)14-13(8)15(20)19(16(14)21)12-6-10(17)5-11(18)7-12/h3-7H,18H2,1-2H3. The minimum atomic E-state index is -0.588. The summed E-state index contributed by atoms with van der Waals surface area (Å²) in [5, 5.41) is 0. The van der Waals surface area contributed by atoms with Gasteiger partial charge >= 0.3 is 0 Å². The maximum atomic E-state index is 13.5. The van der Waals surface area contributed by atoms with Crippen LogP contribution in [0.15, 0.2) is 30.3 Å². The Kier molecular flexibility index (Phi) is 2.79. The summed E-state index contributed by atoms with van der Waals surface area (Å²) in [6.45, 7) is 3.54. The van der Waals surface area contributed by atoms with Crippen molar-refractivity contribution in [1.82, 2.24) is 0 Å². The van der Waals surface area contributed by atoms with Gasteiger partial charge in [0, 0.05) is 5.69 Å². The molecule has 0 aliphatic carbocycles. The van der Waals surface area contributed by atoms with Crippen molar-refractivity contribution in [2.24, 2.45) is 0 Å². The van der Waals surface area contributed by atoms with Crippen molar-refractivity contribution < 1.29 is 14.0 Å². The third kappa shape index (κ3) is 1.89. The molecule has 0 bridgehead atoms. The Labute approximate surface area is 121 Å². The predicted octanol–water partition coefficient (Wildman–Crippen LogP) is 2.83. The van der Waals surface area contributed by atoms with Gasteiger partial charge in [-0.2, -0.15) is 0 Å². The Morgan fingerprint density at radius 2 is 1.48 bits per heavy atom. The molecule has 0 radical (unpaired) electrons. The van der Waals surface area contributed by atoms with Crippen LogP contribution in [-0.2, 0) is 0 Å². The van der Waals surface area contributed by atoms with Gasteiger partial charge in [0.2, 0.25) is 0 Å². The summed E-state index contributed by atoms with van der Waals surface area (Å²) < 4.78 is 13.5. The van der Waals surface area contributed by atoms with E-state index in [1.807, 2.05) is 0 Å². The van der Waals surface area contributed by atoms with E-state index in [0.29, 0.717) is 11.1 Å². The van der Waals surface area contributed by atoms with Crippen molar-refractivity contribution in [1.29, 1.82) is 0 Å². The molecule has 21 heavy (non-hydrogen) atoms. The molecule has 1 heterocycles. The van der Waals surface area contributed by atoms with Crippen LogP contribution >= 0.6 is 0 Å². The van der Waals surface area contributed by atoms with Gasteiger partial charge in [0.15, 0.2) is 0 Å². The smallest absolute Gasteiger partial charge is 0.266 e. The molecule has 0 atom stereocenters. The number of anilines is 2. The van der Waals surface area contributed by atoms with Crippen molar-refractivity contribution in [2.75, 3.05) is 10.6 Å². The third-order valence-electron chi connectivity index (χ3n) is 3.62. The molecule has 5 heteroatoms. The first kappa shape index (κ1) is 13.3. The fourth-order valence-electron chi connectivity index (χ4n) is 2.64. The van der Waals surface area contributed by atoms with Crippen molar-refractivity contribution in [3.05, 3.63) is 58.4 Å². The zero-order chi connectivity index (χ0) is 15.3. The Morgan fingerprint density at radius 3 is 1.95 bits per heavy atom. The molecule has 0 spiro atoms. The maximum Gasteiger partial charge on any atom is 0.266 e. The van der Waals surface area contributed by atoms with Crippen LogP contribution in [-0.4, -0.2) is 11.8 Å². The minimum absolute atomic E-state index is 0.150. The number of nitrogens with two attached hydrogens (primary N) is 1. The van der Waals surface area contributed by atoms with E-state index in [1.54, 1.807) is 26.0 Å². The van der Waals surface area contributed by atoms with Crippen LogP contribution in [0.25, 0.3) is 0 Å². The molecular formula is C16H13FN2O2. The fraction of sp³-hybridized carbons (Fsp3) is 0.125. The van der Waals surface area contributed by atoms with Gasteiger partial charge < -0.3 is 5.73 Å². The van der Waals surface area contributed by atoms with Crippen LogP contribution in [0.2, 0.25) is 0 Å². The second-order valence-corrected chi connectivity index (χ2v) is 5.14. The lowest BCUT2D eigenvalue weighted by Crippen LogP contribution is -2.29. The minimum Gasteiger partial charge on any atom is -0.399 e.